The van der Waals surface area contributed by atoms with E-state index < -0.39 is 43.4 Å². The SMILES string of the molecule is Cc1ccc(C2=Cc3c(-c4ccc(Cl)cc4)cccc3[C]23[SiH](C)[C]2(C(c4ccc(C)o4)=Cc4c(-c5ccc(Cl)cc5)cccc42)[Hf]32([Cl])([Cl])[C]3(C(c4ccc(C)o4)=Cc4c(-c5ccc(Cl)cc5)cccc43)[SiH](C)[C]23C(c2ccc(C)o2)=Cc2c(-c4ccc(Cl)cc4)cccc23)o1. The molecule has 4 aliphatic carbocycles. The summed E-state index contributed by atoms with van der Waals surface area (Å²) in [4.78, 5) is 0. The van der Waals surface area contributed by atoms with Crippen molar-refractivity contribution in [1.29, 1.82) is 0 Å². The maximum atomic E-state index is 11.9. The van der Waals surface area contributed by atoms with E-state index in [1.807, 2.05) is 76.2 Å². The average Bonchev–Trinajstić information content (AvgIpc) is 1.52. The van der Waals surface area contributed by atoms with Gasteiger partial charge in [0.25, 0.3) is 0 Å². The van der Waals surface area contributed by atoms with Gasteiger partial charge in [-0.3, -0.25) is 0 Å². The molecule has 8 aromatic carbocycles. The number of halogens is 6. The van der Waals surface area contributed by atoms with Gasteiger partial charge in [-0.25, -0.2) is 0 Å². The third-order valence-corrected chi connectivity index (χ3v) is 140. The predicted octanol–water partition coefficient (Wildman–Crippen LogP) is 24.1. The summed E-state index contributed by atoms with van der Waals surface area (Å²) in [6.07, 6.45) is 9.81. The number of fused-ring (bicyclic) bond motifs is 12. The number of furan rings is 4. The van der Waals surface area contributed by atoms with Crippen LogP contribution in [0.4, 0.5) is 0 Å². The van der Waals surface area contributed by atoms with Crippen LogP contribution in [0.25, 0.3) is 91.1 Å². The second-order valence-electron chi connectivity index (χ2n) is 27.2. The number of benzene rings is 8. The first-order valence-electron chi connectivity index (χ1n) is 32.3. The molecule has 5 spiro atoms. The van der Waals surface area contributed by atoms with E-state index in [9.17, 15) is 17.2 Å². The van der Waals surface area contributed by atoms with Crippen LogP contribution in [0.3, 0.4) is 0 Å². The zero-order chi connectivity index (χ0) is 65.2. The molecule has 0 saturated carbocycles. The van der Waals surface area contributed by atoms with Crippen molar-refractivity contribution in [2.75, 3.05) is 0 Å². The van der Waals surface area contributed by atoms with Crippen LogP contribution in [0.2, 0.25) is 33.2 Å². The molecule has 95 heavy (non-hydrogen) atoms. The van der Waals surface area contributed by atoms with Crippen LogP contribution in [0.15, 0.2) is 236 Å². The summed E-state index contributed by atoms with van der Waals surface area (Å²) in [6.45, 7) is 13.4. The topological polar surface area (TPSA) is 52.6 Å². The number of hydrogen-bond donors (Lipinski definition) is 0. The van der Waals surface area contributed by atoms with Gasteiger partial charge in [0.2, 0.25) is 0 Å². The second-order valence-corrected chi connectivity index (χ2v) is 83.3. The summed E-state index contributed by atoms with van der Waals surface area (Å²) in [5.74, 6) is 5.99. The van der Waals surface area contributed by atoms with Gasteiger partial charge in [0, 0.05) is 0 Å². The maximum absolute atomic E-state index is 11.9. The molecule has 466 valence electrons. The van der Waals surface area contributed by atoms with Gasteiger partial charge in [-0.1, -0.05) is 0 Å². The van der Waals surface area contributed by atoms with Crippen LogP contribution in [-0.4, -0.2) is 17.6 Å². The fourth-order valence-electron chi connectivity index (χ4n) is 21.4. The van der Waals surface area contributed by atoms with E-state index in [4.69, 9.17) is 64.1 Å². The Bertz CT molecular complexity index is 4810. The van der Waals surface area contributed by atoms with Crippen molar-refractivity contribution in [3.05, 3.63) is 329 Å². The molecule has 0 amide bonds. The molecule has 0 bridgehead atoms. The monoisotopic (exact) mass is 1550 g/mol. The Kier molecular flexibility index (Phi) is 12.9. The number of allylic oxidation sites excluding steroid dienone is 4. The molecule has 6 heterocycles. The molecule has 0 N–H and O–H groups in total. The van der Waals surface area contributed by atoms with Crippen LogP contribution < -0.4 is 0 Å². The Labute approximate surface area is 580 Å². The standard InChI is InChI=1S/2C41H30Cl2O2Si.2ClH.Hf/c2*1-24-10-20-38(44-24)36-22-34-30(26-12-16-28(42)17-13-26)6-4-8-32(34)40(36)46(3)41-33-9-5-7-31(27-14-18-29(43)19-15-27)35(33)23-37(41)39-21-11-25(2)45-39;;;/h2*4-23,46H,1-3H3;2*1H;/q;;;;+2/p-2. The van der Waals surface area contributed by atoms with Crippen LogP contribution in [0, 0.1) is 27.7 Å². The Morgan fingerprint density at radius 3 is 0.684 bits per heavy atom. The molecule has 4 aromatic heterocycles. The number of rotatable bonds is 8. The molecular formula is C82H60Cl6HfO4Si2. The van der Waals surface area contributed by atoms with Crippen LogP contribution in [0.5, 0.6) is 0 Å². The van der Waals surface area contributed by atoms with Gasteiger partial charge in [0.15, 0.2) is 0 Å². The third kappa shape index (κ3) is 6.73. The van der Waals surface area contributed by atoms with Crippen molar-refractivity contribution in [1.82, 2.24) is 0 Å². The van der Waals surface area contributed by atoms with Crippen molar-refractivity contribution in [2.24, 2.45) is 0 Å². The van der Waals surface area contributed by atoms with Gasteiger partial charge in [-0.05, 0) is 0 Å². The molecular weight excluding hydrogens is 1500 g/mol. The summed E-state index contributed by atoms with van der Waals surface area (Å²) in [5.41, 5.74) is 20.7. The first-order valence-corrected chi connectivity index (χ1v) is 54.5. The summed E-state index contributed by atoms with van der Waals surface area (Å²) in [7, 11) is 17.5. The van der Waals surface area contributed by atoms with Gasteiger partial charge in [-0.15, -0.1) is 0 Å². The van der Waals surface area contributed by atoms with Crippen LogP contribution >= 0.6 is 63.6 Å². The summed E-state index contributed by atoms with van der Waals surface area (Å²) in [6, 6.07) is 77.6. The molecule has 2 aliphatic heterocycles. The fourth-order valence-corrected chi connectivity index (χ4v) is 188. The zero-order valence-electron chi connectivity index (χ0n) is 52.6. The van der Waals surface area contributed by atoms with Gasteiger partial charge in [-0.2, -0.15) is 0 Å². The molecule has 12 aromatic rings. The van der Waals surface area contributed by atoms with Crippen molar-refractivity contribution >= 4 is 128 Å². The molecule has 13 heteroatoms. The van der Waals surface area contributed by atoms with Gasteiger partial charge < -0.3 is 0 Å². The molecule has 2 saturated heterocycles. The second kappa shape index (κ2) is 20.3. The van der Waals surface area contributed by atoms with Crippen molar-refractivity contribution in [3.63, 3.8) is 0 Å². The van der Waals surface area contributed by atoms with Crippen molar-refractivity contribution < 1.29 is 32.3 Å². The Morgan fingerprint density at radius 1 is 0.284 bits per heavy atom. The molecule has 0 radical (unpaired) electrons. The predicted molar refractivity (Wildman–Crippen MR) is 397 cm³/mol. The van der Waals surface area contributed by atoms with Gasteiger partial charge >= 0.3 is 586 Å². The van der Waals surface area contributed by atoms with Crippen LogP contribution in [0.1, 0.15) is 90.6 Å². The molecule has 4 atom stereocenters. The molecule has 2 fully saturated rings. The average molecular weight is 1560 g/mol. The van der Waals surface area contributed by atoms with E-state index >= 15 is 0 Å². The van der Waals surface area contributed by atoms with E-state index in [-0.39, 0.29) is 0 Å². The van der Waals surface area contributed by atoms with E-state index in [1.165, 1.54) is 0 Å². The molecule has 6 aliphatic rings. The van der Waals surface area contributed by atoms with E-state index in [0.29, 0.717) is 20.1 Å². The Morgan fingerprint density at radius 2 is 0.495 bits per heavy atom. The molecule has 4 nitrogen and oxygen atoms in total. The van der Waals surface area contributed by atoms with Crippen LogP contribution in [-0.2, 0) is 25.8 Å². The minimum absolute atomic E-state index is 0.648. The van der Waals surface area contributed by atoms with E-state index in [2.05, 4.69) is 207 Å². The quantitative estimate of drug-likeness (QED) is 0.142. The van der Waals surface area contributed by atoms with Crippen molar-refractivity contribution in [3.8, 4) is 44.5 Å². The number of aryl methyl sites for hydroxylation is 4. The van der Waals surface area contributed by atoms with E-state index in [0.717, 1.165) is 157 Å². The Balaban J connectivity index is 1.16. The summed E-state index contributed by atoms with van der Waals surface area (Å²) >= 11 is 18.5. The molecule has 4 unspecified atom stereocenters. The van der Waals surface area contributed by atoms with Gasteiger partial charge in [0.1, 0.15) is 0 Å². The minimum atomic E-state index is -8.80. The fraction of sp³-hybridized carbons (Fsp3) is 0.122. The van der Waals surface area contributed by atoms with Crippen molar-refractivity contribution in [2.45, 2.75) is 52.0 Å². The van der Waals surface area contributed by atoms with E-state index in [1.54, 1.807) is 0 Å². The first kappa shape index (κ1) is 60.3. The zero-order valence-corrected chi connectivity index (χ0v) is 63.1. The van der Waals surface area contributed by atoms with Gasteiger partial charge in [0.05, 0.1) is 0 Å². The molecule has 18 rings (SSSR count). The third-order valence-electron chi connectivity index (χ3n) is 23.8. The Hall–Kier alpha value is -7.12. The first-order chi connectivity index (χ1) is 45.8. The summed E-state index contributed by atoms with van der Waals surface area (Å²) < 4.78 is 24.8. The normalized spacial score (nSPS) is 24.6. The summed E-state index contributed by atoms with van der Waals surface area (Å²) in [5, 5.41) is 2.59. The number of hydrogen-bond acceptors (Lipinski definition) is 4.